The van der Waals surface area contributed by atoms with Gasteiger partial charge in [-0.1, -0.05) is 54.6 Å². The second-order valence-electron chi connectivity index (χ2n) is 10.9. The van der Waals surface area contributed by atoms with E-state index in [1.807, 2.05) is 72.5 Å². The number of ether oxygens (including phenoxy) is 3. The summed E-state index contributed by atoms with van der Waals surface area (Å²) in [5, 5.41) is 5.70. The minimum atomic E-state index is -0.411. The highest BCUT2D eigenvalue weighted by atomic mass is 16.5. The van der Waals surface area contributed by atoms with Crippen molar-refractivity contribution >= 4 is 29.3 Å². The molecule has 5 rings (SSSR count). The third-order valence-corrected chi connectivity index (χ3v) is 7.96. The molecule has 9 heteroatoms. The smallest absolute Gasteiger partial charge is 0.337 e. The number of carbonyl (C=O) groups is 3. The standard InChI is InChI=1S/C36H37N3O6/c1-24-9-7-8-12-30(24)37-36(42)38-31-19-13-25(21-33(31)43-2)22-34(40)39-28(16-20-32(39)26-10-5-4-6-11-26)23-45-29-17-14-27(15-18-29)35(41)44-3/h4-15,17-19,21,28,32H,16,20,22-23H2,1-3H3,(H2,37,38,42). The van der Waals surface area contributed by atoms with E-state index in [0.29, 0.717) is 35.0 Å². The molecule has 45 heavy (non-hydrogen) atoms. The first kappa shape index (κ1) is 31.1. The van der Waals surface area contributed by atoms with Gasteiger partial charge in [-0.2, -0.15) is 0 Å². The van der Waals surface area contributed by atoms with Crippen LogP contribution in [-0.4, -0.2) is 49.7 Å². The van der Waals surface area contributed by atoms with Crippen LogP contribution < -0.4 is 20.1 Å². The summed E-state index contributed by atoms with van der Waals surface area (Å²) in [6, 6.07) is 29.1. The van der Waals surface area contributed by atoms with Crippen LogP contribution in [0.2, 0.25) is 0 Å². The number of methoxy groups -OCH3 is 2. The van der Waals surface area contributed by atoms with Crippen LogP contribution in [-0.2, 0) is 16.0 Å². The molecule has 3 amide bonds. The van der Waals surface area contributed by atoms with Gasteiger partial charge in [-0.05, 0) is 78.9 Å². The summed E-state index contributed by atoms with van der Waals surface area (Å²) in [6.07, 6.45) is 1.75. The van der Waals surface area contributed by atoms with Crippen molar-refractivity contribution in [1.82, 2.24) is 4.90 Å². The first-order valence-corrected chi connectivity index (χ1v) is 14.8. The molecular formula is C36H37N3O6. The Morgan fingerprint density at radius 3 is 2.24 bits per heavy atom. The molecule has 2 unspecified atom stereocenters. The van der Waals surface area contributed by atoms with Gasteiger partial charge in [0.25, 0.3) is 0 Å². The fourth-order valence-electron chi connectivity index (χ4n) is 5.63. The third-order valence-electron chi connectivity index (χ3n) is 7.96. The fourth-order valence-corrected chi connectivity index (χ4v) is 5.63. The molecule has 0 saturated carbocycles. The number of amides is 3. The summed E-state index contributed by atoms with van der Waals surface area (Å²) in [7, 11) is 2.87. The van der Waals surface area contributed by atoms with Gasteiger partial charge >= 0.3 is 12.0 Å². The van der Waals surface area contributed by atoms with Gasteiger partial charge in [-0.15, -0.1) is 0 Å². The number of hydrogen-bond donors (Lipinski definition) is 2. The van der Waals surface area contributed by atoms with Crippen molar-refractivity contribution < 1.29 is 28.6 Å². The Morgan fingerprint density at radius 1 is 0.822 bits per heavy atom. The SMILES string of the molecule is COC(=O)c1ccc(OCC2CCC(c3ccccc3)N2C(=O)Cc2ccc(NC(=O)Nc3ccccc3C)c(OC)c2)cc1. The zero-order valence-corrected chi connectivity index (χ0v) is 25.6. The molecule has 232 valence electrons. The second kappa shape index (κ2) is 14.4. The number of urea groups is 1. The molecule has 4 aromatic rings. The van der Waals surface area contributed by atoms with Gasteiger partial charge in [-0.25, -0.2) is 9.59 Å². The minimum absolute atomic E-state index is 0.0314. The van der Waals surface area contributed by atoms with Crippen molar-refractivity contribution in [3.05, 3.63) is 119 Å². The Hall–Kier alpha value is -5.31. The molecule has 1 aliphatic heterocycles. The van der Waals surface area contributed by atoms with E-state index in [0.717, 1.165) is 29.5 Å². The molecular weight excluding hydrogens is 570 g/mol. The summed E-state index contributed by atoms with van der Waals surface area (Å²) in [5.74, 6) is 0.621. The van der Waals surface area contributed by atoms with Crippen molar-refractivity contribution in [2.75, 3.05) is 31.5 Å². The zero-order valence-electron chi connectivity index (χ0n) is 25.6. The fraction of sp³-hybridized carbons (Fsp3) is 0.250. The van der Waals surface area contributed by atoms with Crippen LogP contribution in [0.25, 0.3) is 0 Å². The molecule has 0 aromatic heterocycles. The van der Waals surface area contributed by atoms with Crippen molar-refractivity contribution in [1.29, 1.82) is 0 Å². The molecule has 1 fully saturated rings. The summed E-state index contributed by atoms with van der Waals surface area (Å²) in [5.41, 5.74) is 4.43. The lowest BCUT2D eigenvalue weighted by Crippen LogP contribution is -2.41. The van der Waals surface area contributed by atoms with Crippen molar-refractivity contribution in [2.45, 2.75) is 38.3 Å². The number of anilines is 2. The predicted octanol–water partition coefficient (Wildman–Crippen LogP) is 6.79. The maximum Gasteiger partial charge on any atom is 0.337 e. The van der Waals surface area contributed by atoms with E-state index in [-0.39, 0.29) is 24.4 Å². The van der Waals surface area contributed by atoms with E-state index < -0.39 is 12.0 Å². The van der Waals surface area contributed by atoms with Crippen LogP contribution in [0, 0.1) is 6.92 Å². The second-order valence-corrected chi connectivity index (χ2v) is 10.9. The first-order chi connectivity index (χ1) is 21.9. The van der Waals surface area contributed by atoms with E-state index in [4.69, 9.17) is 14.2 Å². The normalized spacial score (nSPS) is 15.7. The molecule has 4 aromatic carbocycles. The van der Waals surface area contributed by atoms with Gasteiger partial charge in [0.2, 0.25) is 5.91 Å². The van der Waals surface area contributed by atoms with Crippen LogP contribution in [0.3, 0.4) is 0 Å². The van der Waals surface area contributed by atoms with Crippen LogP contribution in [0.5, 0.6) is 11.5 Å². The Kier molecular flexibility index (Phi) is 9.99. The Balaban J connectivity index is 1.29. The predicted molar refractivity (Wildman–Crippen MR) is 173 cm³/mol. The lowest BCUT2D eigenvalue weighted by molar-refractivity contribution is -0.134. The van der Waals surface area contributed by atoms with Crippen LogP contribution in [0.1, 0.15) is 45.9 Å². The Morgan fingerprint density at radius 2 is 1.53 bits per heavy atom. The summed E-state index contributed by atoms with van der Waals surface area (Å²) < 4.78 is 16.5. The highest BCUT2D eigenvalue weighted by Crippen LogP contribution is 2.37. The molecule has 1 aliphatic rings. The maximum atomic E-state index is 14.0. The summed E-state index contributed by atoms with van der Waals surface area (Å²) in [6.45, 7) is 2.24. The lowest BCUT2D eigenvalue weighted by atomic mass is 10.0. The van der Waals surface area contributed by atoms with Crippen molar-refractivity contribution in [3.63, 3.8) is 0 Å². The Bertz CT molecular complexity index is 1640. The van der Waals surface area contributed by atoms with E-state index in [2.05, 4.69) is 10.6 Å². The molecule has 0 spiro atoms. The molecule has 0 bridgehead atoms. The highest BCUT2D eigenvalue weighted by molar-refractivity contribution is 6.01. The van der Waals surface area contributed by atoms with E-state index in [1.165, 1.54) is 14.2 Å². The van der Waals surface area contributed by atoms with Crippen LogP contribution in [0.4, 0.5) is 16.2 Å². The number of nitrogens with zero attached hydrogens (tertiary/aromatic N) is 1. The highest BCUT2D eigenvalue weighted by Gasteiger charge is 2.38. The van der Waals surface area contributed by atoms with Crippen LogP contribution in [0.15, 0.2) is 97.1 Å². The van der Waals surface area contributed by atoms with Crippen LogP contribution >= 0.6 is 0 Å². The number of carbonyl (C=O) groups excluding carboxylic acids is 3. The third kappa shape index (κ3) is 7.62. The largest absolute Gasteiger partial charge is 0.495 e. The molecule has 2 N–H and O–H groups in total. The van der Waals surface area contributed by atoms with Crippen molar-refractivity contribution in [2.24, 2.45) is 0 Å². The number of aryl methyl sites for hydroxylation is 1. The topological polar surface area (TPSA) is 106 Å². The average molecular weight is 608 g/mol. The zero-order chi connectivity index (χ0) is 31.8. The molecule has 1 saturated heterocycles. The average Bonchev–Trinajstić information content (AvgIpc) is 3.50. The first-order valence-electron chi connectivity index (χ1n) is 14.8. The molecule has 0 radical (unpaired) electrons. The molecule has 9 nitrogen and oxygen atoms in total. The van der Waals surface area contributed by atoms with Gasteiger partial charge in [0, 0.05) is 5.69 Å². The van der Waals surface area contributed by atoms with Gasteiger partial charge < -0.3 is 29.7 Å². The molecule has 0 aliphatic carbocycles. The molecule has 2 atom stereocenters. The number of rotatable bonds is 10. The van der Waals surface area contributed by atoms with E-state index >= 15 is 0 Å². The number of esters is 1. The molecule has 1 heterocycles. The number of benzene rings is 4. The van der Waals surface area contributed by atoms with Gasteiger partial charge in [0.1, 0.15) is 18.1 Å². The quantitative estimate of drug-likeness (QED) is 0.192. The summed E-state index contributed by atoms with van der Waals surface area (Å²) in [4.78, 5) is 40.4. The van der Waals surface area contributed by atoms with Gasteiger partial charge in [0.15, 0.2) is 0 Å². The lowest BCUT2D eigenvalue weighted by Gasteiger charge is -2.31. The monoisotopic (exact) mass is 607 g/mol. The number of likely N-dealkylation sites (tertiary alicyclic amines) is 1. The van der Waals surface area contributed by atoms with Gasteiger partial charge in [-0.3, -0.25) is 4.79 Å². The number of nitrogens with one attached hydrogen (secondary N) is 2. The Labute approximate surface area is 263 Å². The van der Waals surface area contributed by atoms with Gasteiger partial charge in [0.05, 0.1) is 44.0 Å². The van der Waals surface area contributed by atoms with E-state index in [1.54, 1.807) is 36.4 Å². The number of para-hydroxylation sites is 1. The van der Waals surface area contributed by atoms with Crippen molar-refractivity contribution in [3.8, 4) is 11.5 Å². The van der Waals surface area contributed by atoms with E-state index in [9.17, 15) is 14.4 Å². The maximum absolute atomic E-state index is 14.0. The summed E-state index contributed by atoms with van der Waals surface area (Å²) >= 11 is 0. The number of hydrogen-bond acceptors (Lipinski definition) is 6. The minimum Gasteiger partial charge on any atom is -0.495 e.